The fraction of sp³-hybridized carbons (Fsp3) is 0.316. The fourth-order valence-electron chi connectivity index (χ4n) is 2.59. The van der Waals surface area contributed by atoms with E-state index in [0.29, 0.717) is 6.42 Å². The molecule has 0 radical (unpaired) electrons. The summed E-state index contributed by atoms with van der Waals surface area (Å²) in [6, 6.07) is 20.8. The number of hydrogen-bond donors (Lipinski definition) is 2. The van der Waals surface area contributed by atoms with Crippen LogP contribution in [-0.4, -0.2) is 17.7 Å². The Morgan fingerprint density at radius 2 is 1.35 bits per heavy atom. The van der Waals surface area contributed by atoms with Crippen LogP contribution in [0.4, 0.5) is 11.4 Å². The Kier molecular flexibility index (Phi) is 7.14. The molecule has 0 aromatic heterocycles. The Hall–Kier alpha value is -2.33. The number of unbranched alkanes of at least 4 members (excludes halogenated alkanes) is 3. The monoisotopic (exact) mass is 312 g/mol. The molecule has 0 heterocycles. The van der Waals surface area contributed by atoms with Gasteiger partial charge in [0.05, 0.1) is 0 Å². The van der Waals surface area contributed by atoms with Gasteiger partial charge in [-0.3, -0.25) is 10.0 Å². The second-order valence-corrected chi connectivity index (χ2v) is 5.52. The normalized spacial score (nSPS) is 10.3. The highest BCUT2D eigenvalue weighted by atomic mass is 16.5. The topological polar surface area (TPSA) is 52.6 Å². The molecule has 23 heavy (non-hydrogen) atoms. The van der Waals surface area contributed by atoms with Gasteiger partial charge in [-0.25, -0.2) is 5.48 Å². The first kappa shape index (κ1) is 17.0. The van der Waals surface area contributed by atoms with Crippen molar-refractivity contribution in [2.75, 3.05) is 11.4 Å². The minimum atomic E-state index is -0.305. The van der Waals surface area contributed by atoms with Crippen LogP contribution < -0.4 is 10.4 Å². The maximum absolute atomic E-state index is 11.0. The summed E-state index contributed by atoms with van der Waals surface area (Å²) in [6.07, 6.45) is 4.31. The number of rotatable bonds is 9. The molecule has 0 saturated heterocycles. The summed E-state index contributed by atoms with van der Waals surface area (Å²) in [4.78, 5) is 13.3. The lowest BCUT2D eigenvalue weighted by molar-refractivity contribution is -0.129. The number of amides is 1. The minimum absolute atomic E-state index is 0.305. The van der Waals surface area contributed by atoms with Gasteiger partial charge in [0, 0.05) is 24.3 Å². The van der Waals surface area contributed by atoms with Crippen LogP contribution in [0.15, 0.2) is 60.7 Å². The number of nitrogens with zero attached hydrogens (tertiary/aromatic N) is 1. The van der Waals surface area contributed by atoms with Gasteiger partial charge >= 0.3 is 0 Å². The molecule has 4 nitrogen and oxygen atoms in total. The van der Waals surface area contributed by atoms with Crippen LogP contribution in [0.1, 0.15) is 32.1 Å². The van der Waals surface area contributed by atoms with Crippen molar-refractivity contribution >= 4 is 17.3 Å². The third kappa shape index (κ3) is 5.75. The van der Waals surface area contributed by atoms with E-state index in [0.717, 1.165) is 32.2 Å². The number of carbonyl (C=O) groups is 1. The van der Waals surface area contributed by atoms with Gasteiger partial charge in [-0.1, -0.05) is 49.2 Å². The predicted molar refractivity (Wildman–Crippen MR) is 92.9 cm³/mol. The van der Waals surface area contributed by atoms with Gasteiger partial charge in [-0.05, 0) is 37.1 Å². The molecule has 0 atom stereocenters. The molecule has 0 unspecified atom stereocenters. The molecule has 0 fully saturated rings. The number of carbonyl (C=O) groups excluding carboxylic acids is 1. The predicted octanol–water partition coefficient (Wildman–Crippen LogP) is 4.28. The molecule has 0 aliphatic carbocycles. The Bertz CT molecular complexity index is 533. The number of nitrogens with one attached hydrogen (secondary N) is 1. The lowest BCUT2D eigenvalue weighted by Gasteiger charge is -2.25. The van der Waals surface area contributed by atoms with E-state index in [1.807, 2.05) is 12.1 Å². The molecule has 0 saturated carbocycles. The van der Waals surface area contributed by atoms with Crippen molar-refractivity contribution in [3.63, 3.8) is 0 Å². The van der Waals surface area contributed by atoms with Crippen molar-refractivity contribution in [1.29, 1.82) is 0 Å². The SMILES string of the molecule is O=C(CCCCCCN(c1ccccc1)c1ccccc1)NO. The average Bonchev–Trinajstić information content (AvgIpc) is 2.62. The Morgan fingerprint density at radius 1 is 0.826 bits per heavy atom. The van der Waals surface area contributed by atoms with E-state index in [2.05, 4.69) is 53.4 Å². The van der Waals surface area contributed by atoms with Crippen LogP contribution in [-0.2, 0) is 4.79 Å². The fourth-order valence-corrected chi connectivity index (χ4v) is 2.59. The zero-order valence-corrected chi connectivity index (χ0v) is 13.3. The molecule has 4 heteroatoms. The van der Waals surface area contributed by atoms with Gasteiger partial charge in [0.15, 0.2) is 0 Å². The summed E-state index contributed by atoms with van der Waals surface area (Å²) < 4.78 is 0. The zero-order valence-electron chi connectivity index (χ0n) is 13.3. The van der Waals surface area contributed by atoms with Crippen molar-refractivity contribution in [3.05, 3.63) is 60.7 Å². The summed E-state index contributed by atoms with van der Waals surface area (Å²) in [5, 5.41) is 8.46. The molecule has 0 bridgehead atoms. The van der Waals surface area contributed by atoms with E-state index >= 15 is 0 Å². The smallest absolute Gasteiger partial charge is 0.243 e. The van der Waals surface area contributed by atoms with Crippen molar-refractivity contribution < 1.29 is 10.0 Å². The lowest BCUT2D eigenvalue weighted by Crippen LogP contribution is -2.18. The first-order valence-corrected chi connectivity index (χ1v) is 8.12. The Labute approximate surface area is 137 Å². The molecule has 0 spiro atoms. The van der Waals surface area contributed by atoms with Gasteiger partial charge < -0.3 is 4.90 Å². The van der Waals surface area contributed by atoms with Crippen molar-refractivity contribution in [1.82, 2.24) is 5.48 Å². The molecular weight excluding hydrogens is 288 g/mol. The maximum Gasteiger partial charge on any atom is 0.243 e. The Morgan fingerprint density at radius 3 is 1.87 bits per heavy atom. The summed E-state index contributed by atoms with van der Waals surface area (Å²) in [6.45, 7) is 0.945. The molecule has 0 aliphatic heterocycles. The second kappa shape index (κ2) is 9.64. The number of hydrogen-bond acceptors (Lipinski definition) is 3. The summed E-state index contributed by atoms with van der Waals surface area (Å²) in [5.74, 6) is -0.305. The van der Waals surface area contributed by atoms with E-state index < -0.39 is 0 Å². The van der Waals surface area contributed by atoms with Crippen LogP contribution >= 0.6 is 0 Å². The molecule has 0 aliphatic rings. The first-order chi connectivity index (χ1) is 11.3. The highest BCUT2D eigenvalue weighted by Crippen LogP contribution is 2.25. The number of hydroxylamine groups is 1. The summed E-state index contributed by atoms with van der Waals surface area (Å²) in [7, 11) is 0. The molecule has 2 rings (SSSR count). The molecule has 2 aromatic carbocycles. The molecule has 122 valence electrons. The molecule has 1 amide bonds. The third-order valence-corrected chi connectivity index (χ3v) is 3.80. The average molecular weight is 312 g/mol. The summed E-state index contributed by atoms with van der Waals surface area (Å²) >= 11 is 0. The van der Waals surface area contributed by atoms with Gasteiger partial charge in [0.1, 0.15) is 0 Å². The van der Waals surface area contributed by atoms with Gasteiger partial charge in [-0.2, -0.15) is 0 Å². The largest absolute Gasteiger partial charge is 0.341 e. The molecular formula is C19H24N2O2. The van der Waals surface area contributed by atoms with Gasteiger partial charge in [-0.15, -0.1) is 0 Å². The standard InChI is InChI=1S/C19H24N2O2/c22-19(20-23)15-9-1-2-10-16-21(17-11-5-3-6-12-17)18-13-7-4-8-14-18/h3-8,11-14,23H,1-2,9-10,15-16H2,(H,20,22). The van der Waals surface area contributed by atoms with Crippen LogP contribution in [0.25, 0.3) is 0 Å². The number of benzene rings is 2. The van der Waals surface area contributed by atoms with Gasteiger partial charge in [0.2, 0.25) is 5.91 Å². The highest BCUT2D eigenvalue weighted by Gasteiger charge is 2.08. The van der Waals surface area contributed by atoms with Crippen molar-refractivity contribution in [2.45, 2.75) is 32.1 Å². The van der Waals surface area contributed by atoms with E-state index in [9.17, 15) is 4.79 Å². The minimum Gasteiger partial charge on any atom is -0.341 e. The van der Waals surface area contributed by atoms with E-state index in [1.165, 1.54) is 11.4 Å². The lowest BCUT2D eigenvalue weighted by atomic mass is 10.1. The van der Waals surface area contributed by atoms with Gasteiger partial charge in [0.25, 0.3) is 0 Å². The quantitative estimate of drug-likeness (QED) is 0.413. The van der Waals surface area contributed by atoms with Crippen LogP contribution in [0.5, 0.6) is 0 Å². The van der Waals surface area contributed by atoms with E-state index in [4.69, 9.17) is 5.21 Å². The number of anilines is 2. The van der Waals surface area contributed by atoms with E-state index in [1.54, 1.807) is 5.48 Å². The van der Waals surface area contributed by atoms with E-state index in [-0.39, 0.29) is 5.91 Å². The first-order valence-electron chi connectivity index (χ1n) is 8.12. The molecule has 2 aromatic rings. The van der Waals surface area contributed by atoms with Crippen molar-refractivity contribution in [2.24, 2.45) is 0 Å². The zero-order chi connectivity index (χ0) is 16.3. The van der Waals surface area contributed by atoms with Crippen LogP contribution in [0.3, 0.4) is 0 Å². The number of para-hydroxylation sites is 2. The van der Waals surface area contributed by atoms with Crippen LogP contribution in [0, 0.1) is 0 Å². The van der Waals surface area contributed by atoms with Crippen molar-refractivity contribution in [3.8, 4) is 0 Å². The third-order valence-electron chi connectivity index (χ3n) is 3.80. The highest BCUT2D eigenvalue weighted by molar-refractivity contribution is 5.74. The van der Waals surface area contributed by atoms with Crippen LogP contribution in [0.2, 0.25) is 0 Å². The maximum atomic E-state index is 11.0. The summed E-state index contributed by atoms with van der Waals surface area (Å²) in [5.41, 5.74) is 4.06. The molecule has 2 N–H and O–H groups in total. The Balaban J connectivity index is 1.86. The second-order valence-electron chi connectivity index (χ2n) is 5.52.